The average Bonchev–Trinajstić information content (AvgIpc) is 1.97. The predicted molar refractivity (Wildman–Crippen MR) is 45.3 cm³/mol. The maximum absolute atomic E-state index is 10.3. The molecule has 0 saturated carbocycles. The van der Waals surface area contributed by atoms with E-state index in [1.165, 1.54) is 0 Å². The molecule has 0 aliphatic heterocycles. The van der Waals surface area contributed by atoms with Gasteiger partial charge in [-0.15, -0.1) is 0 Å². The molecular weight excluding hydrogens is 205 g/mol. The third-order valence-corrected chi connectivity index (χ3v) is 1.76. The van der Waals surface area contributed by atoms with E-state index in [-0.39, 0.29) is 15.9 Å². The molecule has 0 aromatic carbocycles. The number of nitrogens with zero attached hydrogens (tertiary/aromatic N) is 2. The number of aromatic nitrogens is 1. The summed E-state index contributed by atoms with van der Waals surface area (Å²) in [7, 11) is 0. The van der Waals surface area contributed by atoms with Gasteiger partial charge in [-0.05, 0) is 0 Å². The molecule has 0 fully saturated rings. The van der Waals surface area contributed by atoms with Gasteiger partial charge in [-0.1, -0.05) is 23.2 Å². The molecule has 1 heterocycles. The first-order valence-corrected chi connectivity index (χ1v) is 3.53. The van der Waals surface area contributed by atoms with E-state index in [1.54, 1.807) is 0 Å². The van der Waals surface area contributed by atoms with Gasteiger partial charge in [0.05, 0.1) is 9.95 Å². The van der Waals surface area contributed by atoms with Crippen molar-refractivity contribution in [3.8, 4) is 0 Å². The molecule has 7 heteroatoms. The highest BCUT2D eigenvalue weighted by Gasteiger charge is 2.20. The van der Waals surface area contributed by atoms with Gasteiger partial charge in [0.25, 0.3) is 0 Å². The number of halogens is 2. The Hall–Kier alpha value is -1.07. The number of hydrogen-bond acceptors (Lipinski definition) is 4. The fraction of sp³-hybridized carbons (Fsp3) is 0. The molecule has 0 bridgehead atoms. The highest BCUT2D eigenvalue weighted by molar-refractivity contribution is 6.36. The van der Waals surface area contributed by atoms with Crippen molar-refractivity contribution >= 4 is 34.6 Å². The Morgan fingerprint density at radius 3 is 2.58 bits per heavy atom. The van der Waals surface area contributed by atoms with Crippen LogP contribution in [-0.2, 0) is 0 Å². The Morgan fingerprint density at radius 2 is 2.17 bits per heavy atom. The van der Waals surface area contributed by atoms with Crippen LogP contribution in [-0.4, -0.2) is 9.91 Å². The Kier molecular flexibility index (Phi) is 2.35. The molecule has 1 rings (SSSR count). The zero-order chi connectivity index (χ0) is 9.30. The molecule has 1 aromatic heterocycles. The molecule has 1 aromatic rings. The highest BCUT2D eigenvalue weighted by atomic mass is 35.5. The lowest BCUT2D eigenvalue weighted by atomic mass is 10.3. The van der Waals surface area contributed by atoms with Gasteiger partial charge in [0.15, 0.2) is 0 Å². The van der Waals surface area contributed by atoms with Gasteiger partial charge >= 0.3 is 5.69 Å². The third kappa shape index (κ3) is 1.41. The molecule has 5 nitrogen and oxygen atoms in total. The van der Waals surface area contributed by atoms with Gasteiger partial charge in [-0.3, -0.25) is 10.1 Å². The smallest absolute Gasteiger partial charge is 0.330 e. The first-order chi connectivity index (χ1) is 5.54. The van der Waals surface area contributed by atoms with E-state index >= 15 is 0 Å². The number of hydrogen-bond donors (Lipinski definition) is 1. The fourth-order valence-electron chi connectivity index (χ4n) is 0.642. The van der Waals surface area contributed by atoms with Crippen molar-refractivity contribution in [1.29, 1.82) is 0 Å². The maximum Gasteiger partial charge on any atom is 0.330 e. The minimum absolute atomic E-state index is 0.0195. The summed E-state index contributed by atoms with van der Waals surface area (Å²) in [6.45, 7) is 0. The van der Waals surface area contributed by atoms with E-state index in [1.807, 2.05) is 0 Å². The summed E-state index contributed by atoms with van der Waals surface area (Å²) < 4.78 is 0. The first-order valence-electron chi connectivity index (χ1n) is 2.78. The Balaban J connectivity index is 3.43. The summed E-state index contributed by atoms with van der Waals surface area (Å²) >= 11 is 10.9. The zero-order valence-corrected chi connectivity index (χ0v) is 7.13. The molecule has 12 heavy (non-hydrogen) atoms. The van der Waals surface area contributed by atoms with Crippen molar-refractivity contribution in [3.05, 3.63) is 26.5 Å². The van der Waals surface area contributed by atoms with Crippen LogP contribution in [0.4, 0.5) is 11.4 Å². The molecular formula is C5H3Cl2N3O2. The second kappa shape index (κ2) is 3.12. The topological polar surface area (TPSA) is 82.0 Å². The standard InChI is InChI=1S/C5H3Cl2N3O2/c6-2-1-9-5(7)4(3(2)8)10(11)12/h1H,(H2,8,9). The summed E-state index contributed by atoms with van der Waals surface area (Å²) in [5, 5.41) is 10.1. The molecule has 0 amide bonds. The van der Waals surface area contributed by atoms with Crippen LogP contribution >= 0.6 is 23.2 Å². The molecule has 64 valence electrons. The van der Waals surface area contributed by atoms with E-state index in [0.717, 1.165) is 6.20 Å². The summed E-state index contributed by atoms with van der Waals surface area (Å²) in [6.07, 6.45) is 1.16. The number of anilines is 1. The summed E-state index contributed by atoms with van der Waals surface area (Å²) in [4.78, 5) is 13.1. The summed E-state index contributed by atoms with van der Waals surface area (Å²) in [5.74, 6) is 0. The van der Waals surface area contributed by atoms with Crippen molar-refractivity contribution in [2.75, 3.05) is 5.73 Å². The zero-order valence-electron chi connectivity index (χ0n) is 5.62. The van der Waals surface area contributed by atoms with Gasteiger partial charge in [0, 0.05) is 6.20 Å². The maximum atomic E-state index is 10.3. The largest absolute Gasteiger partial charge is 0.392 e. The van der Waals surface area contributed by atoms with E-state index in [2.05, 4.69) is 4.98 Å². The van der Waals surface area contributed by atoms with Crippen molar-refractivity contribution in [3.63, 3.8) is 0 Å². The number of nitrogen functional groups attached to an aromatic ring is 1. The van der Waals surface area contributed by atoms with Crippen molar-refractivity contribution < 1.29 is 4.92 Å². The Bertz CT molecular complexity index is 342. The van der Waals surface area contributed by atoms with E-state index < -0.39 is 10.6 Å². The molecule has 0 unspecified atom stereocenters. The molecule has 0 saturated heterocycles. The van der Waals surface area contributed by atoms with Crippen LogP contribution in [0.2, 0.25) is 10.2 Å². The summed E-state index contributed by atoms with van der Waals surface area (Å²) in [6, 6.07) is 0. The van der Waals surface area contributed by atoms with Gasteiger partial charge in [-0.25, -0.2) is 4.98 Å². The number of pyridine rings is 1. The minimum atomic E-state index is -0.726. The lowest BCUT2D eigenvalue weighted by Gasteiger charge is -1.99. The molecule has 0 radical (unpaired) electrons. The number of nitrogens with two attached hydrogens (primary N) is 1. The molecule has 2 N–H and O–H groups in total. The van der Waals surface area contributed by atoms with Crippen LogP contribution < -0.4 is 5.73 Å². The second-order valence-corrected chi connectivity index (χ2v) is 2.68. The lowest BCUT2D eigenvalue weighted by molar-refractivity contribution is -0.384. The SMILES string of the molecule is Nc1c(Cl)cnc(Cl)c1[N+](=O)[O-]. The fourth-order valence-corrected chi connectivity index (χ4v) is 1.000. The van der Waals surface area contributed by atoms with Crippen LogP contribution in [0.1, 0.15) is 0 Å². The Morgan fingerprint density at radius 1 is 1.58 bits per heavy atom. The minimum Gasteiger partial charge on any atom is -0.392 e. The van der Waals surface area contributed by atoms with Crippen molar-refractivity contribution in [2.24, 2.45) is 0 Å². The van der Waals surface area contributed by atoms with Crippen LogP contribution in [0.5, 0.6) is 0 Å². The van der Waals surface area contributed by atoms with Crippen LogP contribution in [0, 0.1) is 10.1 Å². The third-order valence-electron chi connectivity index (χ3n) is 1.18. The van der Waals surface area contributed by atoms with Crippen LogP contribution in [0.3, 0.4) is 0 Å². The number of nitro groups is 1. The number of rotatable bonds is 1. The normalized spacial score (nSPS) is 9.83. The second-order valence-electron chi connectivity index (χ2n) is 1.92. The van der Waals surface area contributed by atoms with Gasteiger partial charge in [0.2, 0.25) is 5.15 Å². The van der Waals surface area contributed by atoms with Crippen molar-refractivity contribution in [1.82, 2.24) is 4.98 Å². The first kappa shape index (κ1) is 9.02. The molecule has 0 aliphatic carbocycles. The van der Waals surface area contributed by atoms with Crippen LogP contribution in [0.25, 0.3) is 0 Å². The van der Waals surface area contributed by atoms with Gasteiger partial charge in [0.1, 0.15) is 5.69 Å². The molecule has 0 spiro atoms. The predicted octanol–water partition coefficient (Wildman–Crippen LogP) is 1.88. The average molecular weight is 208 g/mol. The quantitative estimate of drug-likeness (QED) is 0.433. The van der Waals surface area contributed by atoms with E-state index in [0.29, 0.717) is 0 Å². The monoisotopic (exact) mass is 207 g/mol. The van der Waals surface area contributed by atoms with E-state index in [4.69, 9.17) is 28.9 Å². The molecule has 0 aliphatic rings. The lowest BCUT2D eigenvalue weighted by Crippen LogP contribution is -1.98. The van der Waals surface area contributed by atoms with Gasteiger partial charge < -0.3 is 5.73 Å². The van der Waals surface area contributed by atoms with E-state index in [9.17, 15) is 10.1 Å². The van der Waals surface area contributed by atoms with Crippen molar-refractivity contribution in [2.45, 2.75) is 0 Å². The Labute approximate surface area is 77.3 Å². The van der Waals surface area contributed by atoms with Gasteiger partial charge in [-0.2, -0.15) is 0 Å². The molecule has 0 atom stereocenters. The summed E-state index contributed by atoms with van der Waals surface area (Å²) in [5.41, 5.74) is 4.67. The van der Waals surface area contributed by atoms with Crippen LogP contribution in [0.15, 0.2) is 6.20 Å². The highest BCUT2D eigenvalue weighted by Crippen LogP contribution is 2.33.